The highest BCUT2D eigenvalue weighted by Gasteiger charge is 2.48. The van der Waals surface area contributed by atoms with Gasteiger partial charge in [0.1, 0.15) is 0 Å². The second kappa shape index (κ2) is 4.26. The van der Waals surface area contributed by atoms with Crippen LogP contribution < -0.4 is 5.32 Å². The number of hydrogen-bond acceptors (Lipinski definition) is 2. The van der Waals surface area contributed by atoms with Gasteiger partial charge in [-0.3, -0.25) is 4.79 Å². The molecule has 2 aliphatic heterocycles. The number of hydrogen-bond donors (Lipinski definition) is 1. The van der Waals surface area contributed by atoms with Crippen molar-refractivity contribution in [1.82, 2.24) is 4.90 Å². The summed E-state index contributed by atoms with van der Waals surface area (Å²) in [5.41, 5.74) is 1.87. The molecule has 2 unspecified atom stereocenters. The quantitative estimate of drug-likeness (QED) is 0.899. The van der Waals surface area contributed by atoms with Gasteiger partial charge in [-0.15, -0.1) is 0 Å². The summed E-state index contributed by atoms with van der Waals surface area (Å²) in [5, 5.41) is 3.17. The third-order valence-corrected chi connectivity index (χ3v) is 4.12. The molecule has 0 radical (unpaired) electrons. The molecule has 1 amide bonds. The Morgan fingerprint density at radius 2 is 2.11 bits per heavy atom. The van der Waals surface area contributed by atoms with Crippen LogP contribution in [0.25, 0.3) is 0 Å². The zero-order valence-corrected chi connectivity index (χ0v) is 11.3. The van der Waals surface area contributed by atoms with Crippen molar-refractivity contribution >= 4 is 11.6 Å². The average molecular weight is 254 g/mol. The first-order chi connectivity index (χ1) is 9.11. The molecule has 1 aliphatic carbocycles. The van der Waals surface area contributed by atoms with Gasteiger partial charge in [-0.05, 0) is 31.2 Å². The van der Waals surface area contributed by atoms with E-state index in [2.05, 4.69) is 31.3 Å². The fourth-order valence-corrected chi connectivity index (χ4v) is 2.76. The van der Waals surface area contributed by atoms with E-state index in [0.29, 0.717) is 12.5 Å². The Balaban J connectivity index is 1.67. The van der Waals surface area contributed by atoms with Crippen molar-refractivity contribution in [2.45, 2.75) is 19.4 Å². The maximum atomic E-state index is 12.4. The van der Waals surface area contributed by atoms with Crippen LogP contribution in [0.5, 0.6) is 0 Å². The molecule has 19 heavy (non-hydrogen) atoms. The first-order valence-corrected chi connectivity index (χ1v) is 6.64. The Bertz CT molecular complexity index is 561. The summed E-state index contributed by atoms with van der Waals surface area (Å²) in [6.07, 6.45) is 6.39. The van der Waals surface area contributed by atoms with E-state index in [1.807, 2.05) is 41.3 Å². The van der Waals surface area contributed by atoms with Crippen molar-refractivity contribution in [2.75, 3.05) is 11.9 Å². The molecule has 2 bridgehead atoms. The lowest BCUT2D eigenvalue weighted by Crippen LogP contribution is -2.60. The van der Waals surface area contributed by atoms with E-state index in [1.54, 1.807) is 0 Å². The molecule has 0 saturated carbocycles. The zero-order valence-electron chi connectivity index (χ0n) is 11.3. The van der Waals surface area contributed by atoms with E-state index in [-0.39, 0.29) is 11.4 Å². The molecular formula is C16H18N2O. The van der Waals surface area contributed by atoms with Crippen molar-refractivity contribution in [3.63, 3.8) is 0 Å². The summed E-state index contributed by atoms with van der Waals surface area (Å²) in [7, 11) is 0. The summed E-state index contributed by atoms with van der Waals surface area (Å²) in [5.74, 6) is 0.491. The highest BCUT2D eigenvalue weighted by molar-refractivity contribution is 5.86. The predicted octanol–water partition coefficient (Wildman–Crippen LogP) is 2.79. The number of allylic oxidation sites excluding steroid dienone is 1. The van der Waals surface area contributed by atoms with E-state index in [9.17, 15) is 4.79 Å². The summed E-state index contributed by atoms with van der Waals surface area (Å²) < 4.78 is 0. The number of para-hydroxylation sites is 1. The van der Waals surface area contributed by atoms with E-state index in [0.717, 1.165) is 11.4 Å². The second-order valence-corrected chi connectivity index (χ2v) is 5.39. The SMILES string of the molecule is CC1C=CC2=CC1(C)N2C(=O)CNc1ccccc1. The zero-order chi connectivity index (χ0) is 13.5. The number of carbonyl (C=O) groups excluding carboxylic acids is 1. The maximum Gasteiger partial charge on any atom is 0.247 e. The minimum atomic E-state index is -0.139. The molecule has 4 rings (SSSR count). The van der Waals surface area contributed by atoms with Crippen LogP contribution in [0, 0.1) is 5.92 Å². The largest absolute Gasteiger partial charge is 0.376 e. The number of carbonyl (C=O) groups is 1. The topological polar surface area (TPSA) is 32.3 Å². The van der Waals surface area contributed by atoms with Gasteiger partial charge in [-0.2, -0.15) is 0 Å². The highest BCUT2D eigenvalue weighted by Crippen LogP contribution is 2.44. The summed E-state index contributed by atoms with van der Waals surface area (Å²) in [4.78, 5) is 14.3. The predicted molar refractivity (Wildman–Crippen MR) is 76.6 cm³/mol. The second-order valence-electron chi connectivity index (χ2n) is 5.39. The molecule has 3 heteroatoms. The molecule has 0 aromatic heterocycles. The number of nitrogens with zero attached hydrogens (tertiary/aromatic N) is 1. The minimum absolute atomic E-state index is 0.125. The standard InChI is InChI=1S/C16H18N2O/c1-12-8-9-14-10-16(12,2)18(14)15(19)11-17-13-6-4-3-5-7-13/h3-10,12,17H,11H2,1-2H3. The lowest BCUT2D eigenvalue weighted by molar-refractivity contribution is -0.134. The van der Waals surface area contributed by atoms with Gasteiger partial charge in [0.15, 0.2) is 0 Å². The first-order valence-electron chi connectivity index (χ1n) is 6.64. The van der Waals surface area contributed by atoms with Gasteiger partial charge in [-0.1, -0.05) is 31.2 Å². The number of rotatable bonds is 3. The van der Waals surface area contributed by atoms with Crippen molar-refractivity contribution < 1.29 is 4.79 Å². The first kappa shape index (κ1) is 12.0. The van der Waals surface area contributed by atoms with E-state index >= 15 is 0 Å². The molecule has 0 saturated heterocycles. The van der Waals surface area contributed by atoms with Gasteiger partial charge in [-0.25, -0.2) is 0 Å². The smallest absolute Gasteiger partial charge is 0.247 e. The number of anilines is 1. The molecule has 0 fully saturated rings. The van der Waals surface area contributed by atoms with Crippen LogP contribution in [-0.2, 0) is 4.79 Å². The van der Waals surface area contributed by atoms with Gasteiger partial charge in [0.25, 0.3) is 0 Å². The Morgan fingerprint density at radius 3 is 2.79 bits per heavy atom. The molecular weight excluding hydrogens is 236 g/mol. The fraction of sp³-hybridized carbons (Fsp3) is 0.312. The van der Waals surface area contributed by atoms with Gasteiger partial charge in [0, 0.05) is 17.3 Å². The number of amides is 1. The normalized spacial score (nSPS) is 27.6. The summed E-state index contributed by atoms with van der Waals surface area (Å²) in [6.45, 7) is 4.59. The van der Waals surface area contributed by atoms with Crippen LogP contribution >= 0.6 is 0 Å². The van der Waals surface area contributed by atoms with Crippen LogP contribution in [0.1, 0.15) is 13.8 Å². The summed E-state index contributed by atoms with van der Waals surface area (Å²) >= 11 is 0. The Labute approximate surface area is 113 Å². The highest BCUT2D eigenvalue weighted by atomic mass is 16.2. The van der Waals surface area contributed by atoms with Crippen molar-refractivity contribution in [3.8, 4) is 0 Å². The van der Waals surface area contributed by atoms with E-state index in [1.165, 1.54) is 0 Å². The van der Waals surface area contributed by atoms with Crippen LogP contribution in [0.3, 0.4) is 0 Å². The number of fused-ring (bicyclic) bond motifs is 1. The maximum absolute atomic E-state index is 12.4. The van der Waals surface area contributed by atoms with Gasteiger partial charge < -0.3 is 10.2 Å². The molecule has 3 aliphatic rings. The van der Waals surface area contributed by atoms with Gasteiger partial charge in [0.05, 0.1) is 12.1 Å². The molecule has 1 aromatic carbocycles. The number of benzene rings is 1. The van der Waals surface area contributed by atoms with E-state index < -0.39 is 0 Å². The van der Waals surface area contributed by atoms with Crippen molar-refractivity contribution in [2.24, 2.45) is 5.92 Å². The Kier molecular flexibility index (Phi) is 2.70. The van der Waals surface area contributed by atoms with Crippen LogP contribution in [0.15, 0.2) is 54.3 Å². The van der Waals surface area contributed by atoms with Crippen molar-refractivity contribution in [3.05, 3.63) is 54.3 Å². The molecule has 98 valence electrons. The van der Waals surface area contributed by atoms with Gasteiger partial charge in [0.2, 0.25) is 5.91 Å². The molecule has 0 spiro atoms. The molecule has 1 aromatic rings. The Hall–Kier alpha value is -2.03. The Morgan fingerprint density at radius 1 is 1.37 bits per heavy atom. The van der Waals surface area contributed by atoms with Crippen molar-refractivity contribution in [1.29, 1.82) is 0 Å². The van der Waals surface area contributed by atoms with Gasteiger partial charge >= 0.3 is 0 Å². The third kappa shape index (κ3) is 1.86. The molecule has 2 heterocycles. The van der Waals surface area contributed by atoms with Crippen LogP contribution in [-0.4, -0.2) is 22.9 Å². The third-order valence-electron chi connectivity index (χ3n) is 4.12. The minimum Gasteiger partial charge on any atom is -0.376 e. The molecule has 1 N–H and O–H groups in total. The lowest BCUT2D eigenvalue weighted by Gasteiger charge is -2.53. The lowest BCUT2D eigenvalue weighted by atomic mass is 9.74. The fourth-order valence-electron chi connectivity index (χ4n) is 2.76. The van der Waals surface area contributed by atoms with Crippen LogP contribution in [0.2, 0.25) is 0 Å². The summed E-state index contributed by atoms with van der Waals surface area (Å²) in [6, 6.07) is 9.81. The number of nitrogens with one attached hydrogen (secondary N) is 1. The molecule has 2 atom stereocenters. The average Bonchev–Trinajstić information content (AvgIpc) is 2.40. The molecule has 3 nitrogen and oxygen atoms in total. The monoisotopic (exact) mass is 254 g/mol. The van der Waals surface area contributed by atoms with E-state index in [4.69, 9.17) is 0 Å². The van der Waals surface area contributed by atoms with Crippen LogP contribution in [0.4, 0.5) is 5.69 Å².